The standard InChI is InChI=1S/C15H14BrFN2O/c16-11-2-5-14(13(17)7-11)20-15-6-1-10(9-19-15)8-18-12-3-4-12/h1-2,5-7,9,12,18H,3-4,8H2. The van der Waals surface area contributed by atoms with E-state index in [9.17, 15) is 4.39 Å². The van der Waals surface area contributed by atoms with E-state index in [0.29, 0.717) is 16.4 Å². The predicted molar refractivity (Wildman–Crippen MR) is 78.3 cm³/mol. The van der Waals surface area contributed by atoms with Crippen molar-refractivity contribution in [2.75, 3.05) is 0 Å². The Balaban J connectivity index is 1.64. The smallest absolute Gasteiger partial charge is 0.219 e. The second kappa shape index (κ2) is 5.89. The first-order chi connectivity index (χ1) is 9.70. The fourth-order valence-electron chi connectivity index (χ4n) is 1.80. The van der Waals surface area contributed by atoms with E-state index >= 15 is 0 Å². The van der Waals surface area contributed by atoms with Crippen LogP contribution in [0.1, 0.15) is 18.4 Å². The van der Waals surface area contributed by atoms with Crippen LogP contribution in [0.15, 0.2) is 41.0 Å². The normalized spacial score (nSPS) is 14.3. The summed E-state index contributed by atoms with van der Waals surface area (Å²) >= 11 is 3.21. The number of pyridine rings is 1. The molecule has 1 N–H and O–H groups in total. The number of hydrogen-bond donors (Lipinski definition) is 1. The van der Waals surface area contributed by atoms with E-state index in [2.05, 4.69) is 26.2 Å². The molecule has 0 spiro atoms. The second-order valence-electron chi connectivity index (χ2n) is 4.84. The van der Waals surface area contributed by atoms with Crippen molar-refractivity contribution in [3.8, 4) is 11.6 Å². The fourth-order valence-corrected chi connectivity index (χ4v) is 2.13. The van der Waals surface area contributed by atoms with Gasteiger partial charge in [0.2, 0.25) is 5.88 Å². The number of halogens is 2. The molecule has 1 aromatic carbocycles. The Morgan fingerprint density at radius 2 is 2.15 bits per heavy atom. The summed E-state index contributed by atoms with van der Waals surface area (Å²) in [6.07, 6.45) is 4.27. The van der Waals surface area contributed by atoms with Gasteiger partial charge in [-0.3, -0.25) is 0 Å². The van der Waals surface area contributed by atoms with Crippen LogP contribution in [0.2, 0.25) is 0 Å². The minimum absolute atomic E-state index is 0.171. The highest BCUT2D eigenvalue weighted by molar-refractivity contribution is 9.10. The van der Waals surface area contributed by atoms with Crippen LogP contribution in [0.5, 0.6) is 11.6 Å². The minimum atomic E-state index is -0.416. The maximum absolute atomic E-state index is 13.6. The average molecular weight is 337 g/mol. The molecule has 1 aliphatic carbocycles. The first-order valence-corrected chi connectivity index (χ1v) is 7.31. The van der Waals surface area contributed by atoms with E-state index in [-0.39, 0.29) is 5.75 Å². The van der Waals surface area contributed by atoms with Gasteiger partial charge in [0.15, 0.2) is 11.6 Å². The molecule has 104 valence electrons. The molecule has 1 aliphatic rings. The van der Waals surface area contributed by atoms with Crippen molar-refractivity contribution in [3.05, 3.63) is 52.4 Å². The average Bonchev–Trinajstić information content (AvgIpc) is 3.25. The van der Waals surface area contributed by atoms with E-state index in [0.717, 1.165) is 12.1 Å². The van der Waals surface area contributed by atoms with Gasteiger partial charge >= 0.3 is 0 Å². The molecule has 1 saturated carbocycles. The zero-order chi connectivity index (χ0) is 13.9. The molecule has 0 amide bonds. The summed E-state index contributed by atoms with van der Waals surface area (Å²) in [6, 6.07) is 9.03. The van der Waals surface area contributed by atoms with E-state index in [4.69, 9.17) is 4.74 Å². The molecule has 2 aromatic rings. The van der Waals surface area contributed by atoms with Crippen molar-refractivity contribution >= 4 is 15.9 Å². The largest absolute Gasteiger partial charge is 0.436 e. The first-order valence-electron chi connectivity index (χ1n) is 6.52. The molecule has 0 radical (unpaired) electrons. The van der Waals surface area contributed by atoms with E-state index in [1.165, 1.54) is 18.9 Å². The van der Waals surface area contributed by atoms with Gasteiger partial charge in [0.05, 0.1) is 0 Å². The fraction of sp³-hybridized carbons (Fsp3) is 0.267. The summed E-state index contributed by atoms with van der Waals surface area (Å²) < 4.78 is 19.7. The Hall–Kier alpha value is -1.46. The number of nitrogens with zero attached hydrogens (tertiary/aromatic N) is 1. The Morgan fingerprint density at radius 3 is 2.80 bits per heavy atom. The Bertz CT molecular complexity index is 599. The van der Waals surface area contributed by atoms with Gasteiger partial charge in [-0.05, 0) is 36.6 Å². The van der Waals surface area contributed by atoms with E-state index in [1.54, 1.807) is 24.4 Å². The van der Waals surface area contributed by atoms with Gasteiger partial charge in [0.25, 0.3) is 0 Å². The lowest BCUT2D eigenvalue weighted by atomic mass is 10.3. The molecule has 3 rings (SSSR count). The maximum Gasteiger partial charge on any atom is 0.219 e. The Morgan fingerprint density at radius 1 is 1.30 bits per heavy atom. The van der Waals surface area contributed by atoms with Gasteiger partial charge in [-0.25, -0.2) is 9.37 Å². The summed E-state index contributed by atoms with van der Waals surface area (Å²) in [4.78, 5) is 4.20. The molecule has 5 heteroatoms. The van der Waals surface area contributed by atoms with Gasteiger partial charge in [-0.2, -0.15) is 0 Å². The highest BCUT2D eigenvalue weighted by atomic mass is 79.9. The van der Waals surface area contributed by atoms with Crippen LogP contribution in [0.3, 0.4) is 0 Å². The summed E-state index contributed by atoms with van der Waals surface area (Å²) in [5, 5.41) is 3.41. The Kier molecular flexibility index (Phi) is 3.98. The molecular weight excluding hydrogens is 323 g/mol. The number of ether oxygens (including phenoxy) is 1. The number of rotatable bonds is 5. The molecule has 1 heterocycles. The molecule has 1 aromatic heterocycles. The Labute approximate surface area is 125 Å². The van der Waals surface area contributed by atoms with Gasteiger partial charge in [0.1, 0.15) is 0 Å². The lowest BCUT2D eigenvalue weighted by Gasteiger charge is -2.07. The van der Waals surface area contributed by atoms with Crippen LogP contribution in [0, 0.1) is 5.82 Å². The van der Waals surface area contributed by atoms with Crippen molar-refractivity contribution in [3.63, 3.8) is 0 Å². The predicted octanol–water partition coefficient (Wildman–Crippen LogP) is 4.03. The highest BCUT2D eigenvalue weighted by Crippen LogP contribution is 2.26. The third-order valence-electron chi connectivity index (χ3n) is 3.08. The molecule has 3 nitrogen and oxygen atoms in total. The molecule has 0 aliphatic heterocycles. The molecular formula is C15H14BrFN2O. The minimum Gasteiger partial charge on any atom is -0.436 e. The molecule has 0 atom stereocenters. The van der Waals surface area contributed by atoms with Crippen LogP contribution in [0.4, 0.5) is 4.39 Å². The topological polar surface area (TPSA) is 34.1 Å². The summed E-state index contributed by atoms with van der Waals surface area (Å²) in [6.45, 7) is 0.810. The monoisotopic (exact) mass is 336 g/mol. The van der Waals surface area contributed by atoms with Gasteiger partial charge in [-0.1, -0.05) is 22.0 Å². The van der Waals surface area contributed by atoms with Crippen LogP contribution < -0.4 is 10.1 Å². The van der Waals surface area contributed by atoms with Gasteiger partial charge in [-0.15, -0.1) is 0 Å². The van der Waals surface area contributed by atoms with Gasteiger partial charge in [0, 0.05) is 29.3 Å². The third-order valence-corrected chi connectivity index (χ3v) is 3.57. The molecule has 1 fully saturated rings. The zero-order valence-electron chi connectivity index (χ0n) is 10.8. The molecule has 20 heavy (non-hydrogen) atoms. The quantitative estimate of drug-likeness (QED) is 0.895. The lowest BCUT2D eigenvalue weighted by molar-refractivity contribution is 0.427. The number of nitrogens with one attached hydrogen (secondary N) is 1. The number of hydrogen-bond acceptors (Lipinski definition) is 3. The number of aromatic nitrogens is 1. The second-order valence-corrected chi connectivity index (χ2v) is 5.75. The molecule has 0 unspecified atom stereocenters. The van der Waals surface area contributed by atoms with Crippen molar-refractivity contribution in [2.45, 2.75) is 25.4 Å². The van der Waals surface area contributed by atoms with Crippen molar-refractivity contribution in [2.24, 2.45) is 0 Å². The molecule has 0 saturated heterocycles. The van der Waals surface area contributed by atoms with Crippen molar-refractivity contribution in [1.29, 1.82) is 0 Å². The van der Waals surface area contributed by atoms with Crippen LogP contribution >= 0.6 is 15.9 Å². The number of benzene rings is 1. The van der Waals surface area contributed by atoms with E-state index in [1.807, 2.05) is 6.07 Å². The van der Waals surface area contributed by atoms with Crippen LogP contribution in [-0.4, -0.2) is 11.0 Å². The van der Waals surface area contributed by atoms with Crippen molar-refractivity contribution < 1.29 is 9.13 Å². The van der Waals surface area contributed by atoms with Crippen molar-refractivity contribution in [1.82, 2.24) is 10.3 Å². The highest BCUT2D eigenvalue weighted by Gasteiger charge is 2.19. The first kappa shape index (κ1) is 13.5. The van der Waals surface area contributed by atoms with Gasteiger partial charge < -0.3 is 10.1 Å². The zero-order valence-corrected chi connectivity index (χ0v) is 12.4. The molecule has 0 bridgehead atoms. The van der Waals surface area contributed by atoms with Crippen LogP contribution in [0.25, 0.3) is 0 Å². The lowest BCUT2D eigenvalue weighted by Crippen LogP contribution is -2.15. The maximum atomic E-state index is 13.6. The SMILES string of the molecule is Fc1cc(Br)ccc1Oc1ccc(CNC2CC2)cn1. The van der Waals surface area contributed by atoms with E-state index < -0.39 is 5.82 Å². The summed E-state index contributed by atoms with van der Waals surface area (Å²) in [5.74, 6) is 0.145. The van der Waals surface area contributed by atoms with Crippen LogP contribution in [-0.2, 0) is 6.54 Å². The summed E-state index contributed by atoms with van der Waals surface area (Å²) in [5.41, 5.74) is 1.10. The summed E-state index contributed by atoms with van der Waals surface area (Å²) in [7, 11) is 0. The third kappa shape index (κ3) is 3.55.